The van der Waals surface area contributed by atoms with Gasteiger partial charge in [-0.1, -0.05) is 19.1 Å². The summed E-state index contributed by atoms with van der Waals surface area (Å²) >= 11 is 0. The molecule has 0 radical (unpaired) electrons. The van der Waals surface area contributed by atoms with Crippen molar-refractivity contribution in [2.24, 2.45) is 11.8 Å². The van der Waals surface area contributed by atoms with Crippen LogP contribution in [0.15, 0.2) is 12.2 Å². The SMILES string of the molecule is CC1CCC(N2CCN(C[C@H]3CC=CCC3)CC2)CC1. The van der Waals surface area contributed by atoms with Crippen LogP contribution in [-0.4, -0.2) is 48.6 Å². The highest BCUT2D eigenvalue weighted by Gasteiger charge is 2.27. The van der Waals surface area contributed by atoms with E-state index >= 15 is 0 Å². The zero-order valence-corrected chi connectivity index (χ0v) is 13.3. The Morgan fingerprint density at radius 2 is 1.65 bits per heavy atom. The van der Waals surface area contributed by atoms with Gasteiger partial charge in [-0.3, -0.25) is 4.90 Å². The summed E-state index contributed by atoms with van der Waals surface area (Å²) in [5.74, 6) is 1.91. The van der Waals surface area contributed by atoms with Crippen molar-refractivity contribution in [1.82, 2.24) is 9.80 Å². The first kappa shape index (κ1) is 14.6. The molecule has 0 bridgehead atoms. The van der Waals surface area contributed by atoms with Gasteiger partial charge in [-0.05, 0) is 56.8 Å². The van der Waals surface area contributed by atoms with Gasteiger partial charge in [0, 0.05) is 38.8 Å². The van der Waals surface area contributed by atoms with E-state index in [-0.39, 0.29) is 0 Å². The Labute approximate surface area is 125 Å². The number of nitrogens with zero attached hydrogens (tertiary/aromatic N) is 2. The minimum Gasteiger partial charge on any atom is -0.301 e. The normalized spacial score (nSPS) is 37.1. The first-order valence-corrected chi connectivity index (χ1v) is 8.92. The molecule has 1 saturated heterocycles. The largest absolute Gasteiger partial charge is 0.301 e. The van der Waals surface area contributed by atoms with Crippen LogP contribution in [-0.2, 0) is 0 Å². The average molecular weight is 276 g/mol. The summed E-state index contributed by atoms with van der Waals surface area (Å²) < 4.78 is 0. The van der Waals surface area contributed by atoms with Gasteiger partial charge in [-0.15, -0.1) is 0 Å². The lowest BCUT2D eigenvalue weighted by atomic mass is 9.86. The Kier molecular flexibility index (Phi) is 5.17. The summed E-state index contributed by atoms with van der Waals surface area (Å²) in [6.45, 7) is 9.04. The van der Waals surface area contributed by atoms with Gasteiger partial charge in [-0.25, -0.2) is 0 Å². The lowest BCUT2D eigenvalue weighted by molar-refractivity contribution is 0.0641. The number of allylic oxidation sites excluding steroid dienone is 2. The quantitative estimate of drug-likeness (QED) is 0.728. The summed E-state index contributed by atoms with van der Waals surface area (Å²) in [6, 6.07) is 0.908. The van der Waals surface area contributed by atoms with Crippen LogP contribution in [0.3, 0.4) is 0 Å². The lowest BCUT2D eigenvalue weighted by Gasteiger charge is -2.42. The molecule has 0 spiro atoms. The second-order valence-corrected chi connectivity index (χ2v) is 7.40. The van der Waals surface area contributed by atoms with Gasteiger partial charge >= 0.3 is 0 Å². The molecule has 1 atom stereocenters. The average Bonchev–Trinajstić information content (AvgIpc) is 2.50. The zero-order valence-electron chi connectivity index (χ0n) is 13.3. The maximum absolute atomic E-state index is 2.79. The van der Waals surface area contributed by atoms with Crippen molar-refractivity contribution >= 4 is 0 Å². The van der Waals surface area contributed by atoms with Crippen LogP contribution in [0.5, 0.6) is 0 Å². The number of rotatable bonds is 3. The van der Waals surface area contributed by atoms with Crippen molar-refractivity contribution in [3.63, 3.8) is 0 Å². The molecule has 0 unspecified atom stereocenters. The van der Waals surface area contributed by atoms with E-state index in [1.54, 1.807) is 0 Å². The third kappa shape index (κ3) is 3.85. The molecule has 0 N–H and O–H groups in total. The minimum absolute atomic E-state index is 0.908. The van der Waals surface area contributed by atoms with Crippen molar-refractivity contribution in [2.45, 2.75) is 57.9 Å². The molecule has 3 aliphatic rings. The monoisotopic (exact) mass is 276 g/mol. The van der Waals surface area contributed by atoms with Gasteiger partial charge in [0.2, 0.25) is 0 Å². The molecule has 2 aliphatic carbocycles. The number of piperazine rings is 1. The Hall–Kier alpha value is -0.340. The van der Waals surface area contributed by atoms with Gasteiger partial charge in [0.15, 0.2) is 0 Å². The minimum atomic E-state index is 0.908. The van der Waals surface area contributed by atoms with E-state index in [0.29, 0.717) is 0 Å². The Morgan fingerprint density at radius 1 is 0.900 bits per heavy atom. The predicted octanol–water partition coefficient (Wildman–Crippen LogP) is 3.54. The van der Waals surface area contributed by atoms with E-state index in [2.05, 4.69) is 28.9 Å². The molecule has 1 saturated carbocycles. The van der Waals surface area contributed by atoms with Crippen LogP contribution >= 0.6 is 0 Å². The third-order valence-electron chi connectivity index (χ3n) is 5.80. The van der Waals surface area contributed by atoms with E-state index in [0.717, 1.165) is 17.9 Å². The van der Waals surface area contributed by atoms with Crippen molar-refractivity contribution in [1.29, 1.82) is 0 Å². The molecule has 114 valence electrons. The first-order chi connectivity index (χ1) is 9.81. The van der Waals surface area contributed by atoms with Gasteiger partial charge in [0.25, 0.3) is 0 Å². The summed E-state index contributed by atoms with van der Waals surface area (Å²) in [5.41, 5.74) is 0. The molecule has 0 aromatic rings. The van der Waals surface area contributed by atoms with Gasteiger partial charge in [-0.2, -0.15) is 0 Å². The third-order valence-corrected chi connectivity index (χ3v) is 5.80. The molecule has 0 amide bonds. The Bertz CT molecular complexity index is 309. The Balaban J connectivity index is 1.39. The van der Waals surface area contributed by atoms with E-state index in [4.69, 9.17) is 0 Å². The standard InChI is InChI=1S/C18H32N2/c1-16-7-9-18(10-8-16)20-13-11-19(12-14-20)15-17-5-3-2-4-6-17/h2-3,16-18H,4-15H2,1H3/t16?,17-,18?/m0/s1. The van der Waals surface area contributed by atoms with Crippen molar-refractivity contribution in [3.05, 3.63) is 12.2 Å². The molecule has 0 aromatic heterocycles. The maximum Gasteiger partial charge on any atom is 0.0113 e. The van der Waals surface area contributed by atoms with Gasteiger partial charge < -0.3 is 4.90 Å². The highest BCUT2D eigenvalue weighted by atomic mass is 15.3. The summed E-state index contributed by atoms with van der Waals surface area (Å²) in [7, 11) is 0. The van der Waals surface area contributed by atoms with E-state index in [9.17, 15) is 0 Å². The highest BCUT2D eigenvalue weighted by Crippen LogP contribution is 2.28. The van der Waals surface area contributed by atoms with Crippen LogP contribution in [0.2, 0.25) is 0 Å². The van der Waals surface area contributed by atoms with Gasteiger partial charge in [0.05, 0.1) is 0 Å². The van der Waals surface area contributed by atoms with E-state index in [1.165, 1.54) is 77.7 Å². The molecule has 1 heterocycles. The maximum atomic E-state index is 2.79. The molecule has 20 heavy (non-hydrogen) atoms. The van der Waals surface area contributed by atoms with Crippen molar-refractivity contribution in [3.8, 4) is 0 Å². The lowest BCUT2D eigenvalue weighted by Crippen LogP contribution is -2.51. The number of hydrogen-bond donors (Lipinski definition) is 0. The molecule has 2 heteroatoms. The van der Waals surface area contributed by atoms with Crippen LogP contribution in [0.25, 0.3) is 0 Å². The molecular weight excluding hydrogens is 244 g/mol. The first-order valence-electron chi connectivity index (χ1n) is 8.92. The van der Waals surface area contributed by atoms with E-state index < -0.39 is 0 Å². The smallest absolute Gasteiger partial charge is 0.0113 e. The van der Waals surface area contributed by atoms with Crippen molar-refractivity contribution < 1.29 is 0 Å². The summed E-state index contributed by atoms with van der Waals surface area (Å²) in [6.07, 6.45) is 14.6. The van der Waals surface area contributed by atoms with Gasteiger partial charge in [0.1, 0.15) is 0 Å². The van der Waals surface area contributed by atoms with Crippen LogP contribution < -0.4 is 0 Å². The highest BCUT2D eigenvalue weighted by molar-refractivity contribution is 4.91. The summed E-state index contributed by atoms with van der Waals surface area (Å²) in [5, 5.41) is 0. The molecule has 3 rings (SSSR count). The Morgan fingerprint density at radius 3 is 2.30 bits per heavy atom. The van der Waals surface area contributed by atoms with Crippen LogP contribution in [0.1, 0.15) is 51.9 Å². The topological polar surface area (TPSA) is 6.48 Å². The fourth-order valence-electron chi connectivity index (χ4n) is 4.31. The summed E-state index contributed by atoms with van der Waals surface area (Å²) in [4.78, 5) is 5.52. The zero-order chi connectivity index (χ0) is 13.8. The fourth-order valence-corrected chi connectivity index (χ4v) is 4.31. The van der Waals surface area contributed by atoms with Crippen LogP contribution in [0, 0.1) is 11.8 Å². The second-order valence-electron chi connectivity index (χ2n) is 7.40. The molecule has 1 aliphatic heterocycles. The molecule has 2 fully saturated rings. The molecule has 0 aromatic carbocycles. The second kappa shape index (κ2) is 7.09. The van der Waals surface area contributed by atoms with E-state index in [1.807, 2.05) is 0 Å². The van der Waals surface area contributed by atoms with Crippen molar-refractivity contribution in [2.75, 3.05) is 32.7 Å². The van der Waals surface area contributed by atoms with Crippen LogP contribution in [0.4, 0.5) is 0 Å². The predicted molar refractivity (Wildman–Crippen MR) is 85.9 cm³/mol. The molecular formula is C18H32N2. The fraction of sp³-hybridized carbons (Fsp3) is 0.889. The molecule has 2 nitrogen and oxygen atoms in total. The number of hydrogen-bond acceptors (Lipinski definition) is 2.